The van der Waals surface area contributed by atoms with Gasteiger partial charge in [0.05, 0.1) is 43.0 Å². The number of nitrogens with zero attached hydrogens (tertiary/aromatic N) is 4. The number of aromatic nitrogens is 4. The number of hydrogen-bond donors (Lipinski definition) is 0. The van der Waals surface area contributed by atoms with Crippen molar-refractivity contribution in [2.45, 2.75) is 0 Å². The molecule has 0 aliphatic heterocycles. The fourth-order valence-corrected chi connectivity index (χ4v) is 19.1. The number of benzene rings is 14. The molecule has 0 radical (unpaired) electrons. The van der Waals surface area contributed by atoms with Gasteiger partial charge in [-0.3, -0.25) is 0 Å². The molecule has 0 bridgehead atoms. The maximum Gasteiger partial charge on any atom is 0.171 e. The number of rotatable bonds is 9. The Morgan fingerprint density at radius 1 is 0.240 bits per heavy atom. The predicted molar refractivity (Wildman–Crippen MR) is 409 cm³/mol. The van der Waals surface area contributed by atoms with Gasteiger partial charge in [-0.1, -0.05) is 291 Å². The smallest absolute Gasteiger partial charge is 0.171 e. The summed E-state index contributed by atoms with van der Waals surface area (Å²) in [5.74, 6) is 0.731. The molecule has 19 aromatic rings. The van der Waals surface area contributed by atoms with Crippen LogP contribution in [0.25, 0.3) is 162 Å². The molecule has 0 spiro atoms. The van der Waals surface area contributed by atoms with Crippen LogP contribution < -0.4 is 15.9 Å². The van der Waals surface area contributed by atoms with Crippen molar-refractivity contribution in [1.29, 1.82) is 0 Å². The first-order valence-corrected chi connectivity index (χ1v) is 35.5. The zero-order chi connectivity index (χ0) is 63.7. The lowest BCUT2D eigenvalue weighted by Crippen LogP contribution is -2.24. The lowest BCUT2D eigenvalue weighted by Gasteiger charge is -2.20. The van der Waals surface area contributed by atoms with Gasteiger partial charge >= 0.3 is 0 Å². The standard InChI is InChI=1S/C45H27N3S.C43H28NOPS/c1-2-12-31(13-3-1)45-47-37-19-8-6-17-35(37)42(48-45)30-23-21-28(22-24-30)32-14-10-15-33(27-32)43-44-41(36-18-7-9-20-39(36)49-44)40-34-16-5-4-11-29(34)25-26-38(40)46-43;45-46(33-15-3-1-4-16-33,34-17-5-2-6-18-34)35-25-22-29(23-26-35)31-13-11-14-32(28-31)42-43-41(37-20-9-10-21-39(37)47-43)40-36-19-8-7-12-30(36)24-27-38(40)44-42/h1-27H;1-28H. The number of hydrogen-bond acceptors (Lipinski definition) is 7. The van der Waals surface area contributed by atoms with Crippen LogP contribution in [-0.4, -0.2) is 19.9 Å². The third-order valence-electron chi connectivity index (χ3n) is 18.6. The van der Waals surface area contributed by atoms with Crippen molar-refractivity contribution in [3.63, 3.8) is 0 Å². The van der Waals surface area contributed by atoms with Crippen molar-refractivity contribution in [3.8, 4) is 67.4 Å². The zero-order valence-corrected chi connectivity index (χ0v) is 54.2. The molecule has 5 nitrogen and oxygen atoms in total. The van der Waals surface area contributed by atoms with Crippen LogP contribution in [0.15, 0.2) is 334 Å². The van der Waals surface area contributed by atoms with E-state index in [0.29, 0.717) is 0 Å². The molecule has 14 aromatic carbocycles. The number of thiophene rings is 2. The summed E-state index contributed by atoms with van der Waals surface area (Å²) < 4.78 is 19.9. The van der Waals surface area contributed by atoms with E-state index in [0.717, 1.165) is 105 Å². The quantitative estimate of drug-likeness (QED) is 0.106. The maximum absolute atomic E-state index is 14.9. The third kappa shape index (κ3) is 9.86. The minimum atomic E-state index is -3.04. The van der Waals surface area contributed by atoms with Crippen molar-refractivity contribution in [2.75, 3.05) is 0 Å². The van der Waals surface area contributed by atoms with E-state index in [4.69, 9.17) is 19.9 Å². The van der Waals surface area contributed by atoms with Crippen molar-refractivity contribution >= 4 is 140 Å². The van der Waals surface area contributed by atoms with Gasteiger partial charge in [0.2, 0.25) is 0 Å². The normalized spacial score (nSPS) is 11.8. The van der Waals surface area contributed by atoms with Crippen molar-refractivity contribution in [3.05, 3.63) is 334 Å². The molecule has 0 amide bonds. The Morgan fingerprint density at radius 3 is 1.16 bits per heavy atom. The van der Waals surface area contributed by atoms with E-state index in [1.807, 2.05) is 126 Å². The van der Waals surface area contributed by atoms with E-state index in [1.54, 1.807) is 0 Å². The molecule has 0 unspecified atom stereocenters. The largest absolute Gasteiger partial charge is 0.309 e. The second-order valence-corrected chi connectivity index (χ2v) is 29.1. The predicted octanol–water partition coefficient (Wildman–Crippen LogP) is 23.1. The molecule has 0 fully saturated rings. The highest BCUT2D eigenvalue weighted by molar-refractivity contribution is 7.85. The summed E-state index contributed by atoms with van der Waals surface area (Å²) in [5.41, 5.74) is 14.6. The fourth-order valence-electron chi connectivity index (χ4n) is 14.0. The second-order valence-electron chi connectivity index (χ2n) is 24.2. The fraction of sp³-hybridized carbons (Fsp3) is 0. The summed E-state index contributed by atoms with van der Waals surface area (Å²) in [7, 11) is -3.04. The molecular weight excluding hydrogens is 1220 g/mol. The lowest BCUT2D eigenvalue weighted by molar-refractivity contribution is 0.592. The first-order valence-electron chi connectivity index (χ1n) is 32.2. The van der Waals surface area contributed by atoms with Crippen LogP contribution in [0.5, 0.6) is 0 Å². The highest BCUT2D eigenvalue weighted by Gasteiger charge is 2.30. The van der Waals surface area contributed by atoms with Crippen molar-refractivity contribution in [1.82, 2.24) is 19.9 Å². The summed E-state index contributed by atoms with van der Waals surface area (Å²) >= 11 is 3.65. The second kappa shape index (κ2) is 23.8. The van der Waals surface area contributed by atoms with Gasteiger partial charge in [0, 0.05) is 85.3 Å². The van der Waals surface area contributed by atoms with Crippen molar-refractivity contribution in [2.24, 2.45) is 0 Å². The summed E-state index contributed by atoms with van der Waals surface area (Å²) in [6, 6.07) is 116. The highest BCUT2D eigenvalue weighted by Crippen LogP contribution is 2.48. The summed E-state index contributed by atoms with van der Waals surface area (Å²) in [4.78, 5) is 20.7. The molecule has 8 heteroatoms. The van der Waals surface area contributed by atoms with Crippen LogP contribution in [0.4, 0.5) is 0 Å². The molecule has 5 aromatic heterocycles. The highest BCUT2D eigenvalue weighted by atomic mass is 32.1. The third-order valence-corrected chi connectivity index (χ3v) is 24.0. The van der Waals surface area contributed by atoms with E-state index in [9.17, 15) is 4.57 Å². The SMILES string of the molecule is O=P(c1ccccc1)(c1ccccc1)c1ccc(-c2cccc(-c3nc4ccc5ccccc5c4c4c3sc3ccccc34)c2)cc1.c1ccc(-c2nc(-c3ccc(-c4cccc(-c5nc6ccc7ccccc7c6c6c5sc5ccccc56)c4)cc3)c3ccccc3n2)cc1. The summed E-state index contributed by atoms with van der Waals surface area (Å²) in [6.07, 6.45) is 0. The minimum Gasteiger partial charge on any atom is -0.309 e. The van der Waals surface area contributed by atoms with Crippen LogP contribution in [0, 0.1) is 0 Å². The first-order chi connectivity index (χ1) is 47.5. The van der Waals surface area contributed by atoms with Gasteiger partial charge in [0.25, 0.3) is 0 Å². The van der Waals surface area contributed by atoms with Crippen LogP contribution in [0.1, 0.15) is 0 Å². The average molecular weight is 1280 g/mol. The minimum absolute atomic E-state index is 0.731. The molecule has 96 heavy (non-hydrogen) atoms. The number of fused-ring (bicyclic) bond motifs is 15. The Morgan fingerprint density at radius 2 is 0.635 bits per heavy atom. The average Bonchev–Trinajstić information content (AvgIpc) is 1.51. The topological polar surface area (TPSA) is 68.6 Å². The van der Waals surface area contributed by atoms with Crippen LogP contribution in [0.2, 0.25) is 0 Å². The Balaban J connectivity index is 0.000000140. The van der Waals surface area contributed by atoms with Crippen LogP contribution >= 0.6 is 29.8 Å². The monoisotopic (exact) mass is 1280 g/mol. The molecule has 0 saturated carbocycles. The Hall–Kier alpha value is -11.6. The molecule has 450 valence electrons. The Kier molecular flexibility index (Phi) is 14.1. The molecule has 0 N–H and O–H groups in total. The molecule has 0 aliphatic carbocycles. The van der Waals surface area contributed by atoms with E-state index < -0.39 is 7.14 Å². The number of pyridine rings is 2. The van der Waals surface area contributed by atoms with E-state index in [1.165, 1.54) is 72.7 Å². The maximum atomic E-state index is 14.9. The molecular formula is C88H55N4OPS2. The first kappa shape index (κ1) is 57.1. The van der Waals surface area contributed by atoms with Crippen molar-refractivity contribution < 1.29 is 4.57 Å². The van der Waals surface area contributed by atoms with Crippen LogP contribution in [-0.2, 0) is 4.57 Å². The molecule has 0 atom stereocenters. The molecule has 0 saturated heterocycles. The molecule has 0 aliphatic rings. The van der Waals surface area contributed by atoms with Gasteiger partial charge in [-0.05, 0) is 86.3 Å². The number of para-hydroxylation sites is 1. The van der Waals surface area contributed by atoms with E-state index in [-0.39, 0.29) is 0 Å². The summed E-state index contributed by atoms with van der Waals surface area (Å²) in [5, 5.41) is 16.0. The van der Waals surface area contributed by atoms with Gasteiger partial charge in [-0.25, -0.2) is 19.9 Å². The van der Waals surface area contributed by atoms with Gasteiger partial charge in [0.1, 0.15) is 0 Å². The summed E-state index contributed by atoms with van der Waals surface area (Å²) in [6.45, 7) is 0. The molecule has 5 heterocycles. The lowest BCUT2D eigenvalue weighted by atomic mass is 9.96. The Labute approximate surface area is 562 Å². The van der Waals surface area contributed by atoms with E-state index >= 15 is 0 Å². The molecule has 19 rings (SSSR count). The Bertz CT molecular complexity index is 6250. The van der Waals surface area contributed by atoms with Gasteiger partial charge in [-0.15, -0.1) is 22.7 Å². The van der Waals surface area contributed by atoms with E-state index in [2.05, 4.69) is 231 Å². The van der Waals surface area contributed by atoms with Crippen LogP contribution in [0.3, 0.4) is 0 Å². The zero-order valence-electron chi connectivity index (χ0n) is 51.7. The van der Waals surface area contributed by atoms with Gasteiger partial charge in [-0.2, -0.15) is 0 Å². The van der Waals surface area contributed by atoms with Gasteiger partial charge < -0.3 is 4.57 Å². The van der Waals surface area contributed by atoms with Gasteiger partial charge in [0.15, 0.2) is 13.0 Å².